The van der Waals surface area contributed by atoms with E-state index in [0.29, 0.717) is 10.0 Å². The van der Waals surface area contributed by atoms with E-state index >= 15 is 0 Å². The van der Waals surface area contributed by atoms with Gasteiger partial charge in [-0.2, -0.15) is 0 Å². The minimum atomic E-state index is -0.871. The maximum absolute atomic E-state index is 13.1. The Morgan fingerprint density at radius 1 is 1.06 bits per heavy atom. The third-order valence-electron chi connectivity index (χ3n) is 2.81. The summed E-state index contributed by atoms with van der Waals surface area (Å²) in [5.74, 6) is -0.362. The van der Waals surface area contributed by atoms with Gasteiger partial charge in [0.05, 0.1) is 16.6 Å². The Kier molecular flexibility index (Phi) is 4.11. The molecule has 3 N–H and O–H groups in total. The van der Waals surface area contributed by atoms with Crippen LogP contribution >= 0.6 is 15.9 Å². The molecule has 0 aliphatic carbocycles. The van der Waals surface area contributed by atoms with Gasteiger partial charge in [0, 0.05) is 0 Å². The van der Waals surface area contributed by atoms with Gasteiger partial charge in [0.2, 0.25) is 0 Å². The molecule has 0 bridgehead atoms. The SMILES string of the molecule is NC(c1ccccc1)C(O)c1ccc(F)c(Br)c1. The Morgan fingerprint density at radius 3 is 2.33 bits per heavy atom. The molecule has 0 saturated carbocycles. The zero-order chi connectivity index (χ0) is 13.1. The number of aliphatic hydroxyl groups is 1. The van der Waals surface area contributed by atoms with Crippen molar-refractivity contribution in [2.24, 2.45) is 5.73 Å². The highest BCUT2D eigenvalue weighted by molar-refractivity contribution is 9.10. The summed E-state index contributed by atoms with van der Waals surface area (Å²) >= 11 is 3.09. The monoisotopic (exact) mass is 309 g/mol. The standard InChI is InChI=1S/C14H13BrFNO/c15-11-8-10(6-7-12(11)16)14(18)13(17)9-4-2-1-3-5-9/h1-8,13-14,18H,17H2. The molecule has 0 spiro atoms. The molecule has 0 saturated heterocycles. The zero-order valence-electron chi connectivity index (χ0n) is 9.55. The fourth-order valence-corrected chi connectivity index (χ4v) is 2.16. The lowest BCUT2D eigenvalue weighted by atomic mass is 9.97. The smallest absolute Gasteiger partial charge is 0.137 e. The van der Waals surface area contributed by atoms with Crippen molar-refractivity contribution in [1.29, 1.82) is 0 Å². The van der Waals surface area contributed by atoms with Gasteiger partial charge in [-0.05, 0) is 39.2 Å². The van der Waals surface area contributed by atoms with Gasteiger partial charge >= 0.3 is 0 Å². The molecule has 2 atom stereocenters. The van der Waals surface area contributed by atoms with Crippen molar-refractivity contribution >= 4 is 15.9 Å². The highest BCUT2D eigenvalue weighted by Gasteiger charge is 2.19. The fourth-order valence-electron chi connectivity index (χ4n) is 1.76. The fraction of sp³-hybridized carbons (Fsp3) is 0.143. The first-order chi connectivity index (χ1) is 8.59. The molecule has 0 aliphatic heterocycles. The maximum atomic E-state index is 13.1. The molecule has 18 heavy (non-hydrogen) atoms. The molecule has 0 radical (unpaired) electrons. The second-order valence-electron chi connectivity index (χ2n) is 4.05. The third-order valence-corrected chi connectivity index (χ3v) is 3.42. The molecule has 0 heterocycles. The molecule has 4 heteroatoms. The van der Waals surface area contributed by atoms with Gasteiger partial charge in [0.1, 0.15) is 5.82 Å². The van der Waals surface area contributed by atoms with Crippen molar-refractivity contribution in [3.63, 3.8) is 0 Å². The Hall–Kier alpha value is -1.23. The Bertz CT molecular complexity index is 533. The average Bonchev–Trinajstić information content (AvgIpc) is 2.41. The van der Waals surface area contributed by atoms with Crippen LogP contribution in [0.1, 0.15) is 23.3 Å². The molecular formula is C14H13BrFNO. The van der Waals surface area contributed by atoms with E-state index in [4.69, 9.17) is 5.73 Å². The number of aliphatic hydroxyl groups excluding tert-OH is 1. The van der Waals surface area contributed by atoms with Crippen LogP contribution in [0.2, 0.25) is 0 Å². The van der Waals surface area contributed by atoms with E-state index in [1.165, 1.54) is 12.1 Å². The van der Waals surface area contributed by atoms with Gasteiger partial charge in [0.15, 0.2) is 0 Å². The van der Waals surface area contributed by atoms with E-state index < -0.39 is 12.1 Å². The van der Waals surface area contributed by atoms with Gasteiger partial charge in [-0.3, -0.25) is 0 Å². The number of hydrogen-bond donors (Lipinski definition) is 2. The molecular weight excluding hydrogens is 297 g/mol. The van der Waals surface area contributed by atoms with Gasteiger partial charge < -0.3 is 10.8 Å². The quantitative estimate of drug-likeness (QED) is 0.913. The van der Waals surface area contributed by atoms with Gasteiger partial charge in [-0.15, -0.1) is 0 Å². The summed E-state index contributed by atoms with van der Waals surface area (Å²) in [4.78, 5) is 0. The lowest BCUT2D eigenvalue weighted by molar-refractivity contribution is 0.147. The first-order valence-corrected chi connectivity index (χ1v) is 6.32. The predicted octanol–water partition coefficient (Wildman–Crippen LogP) is 3.32. The first-order valence-electron chi connectivity index (χ1n) is 5.53. The summed E-state index contributed by atoms with van der Waals surface area (Å²) in [6.45, 7) is 0. The van der Waals surface area contributed by atoms with Crippen LogP contribution in [0.15, 0.2) is 53.0 Å². The summed E-state index contributed by atoms with van der Waals surface area (Å²) in [6, 6.07) is 13.2. The van der Waals surface area contributed by atoms with Crippen LogP contribution in [0.5, 0.6) is 0 Å². The Morgan fingerprint density at radius 2 is 1.72 bits per heavy atom. The van der Waals surface area contributed by atoms with Crippen LogP contribution in [0.4, 0.5) is 4.39 Å². The summed E-state index contributed by atoms with van der Waals surface area (Å²) in [5.41, 5.74) is 7.42. The number of nitrogens with two attached hydrogens (primary N) is 1. The molecule has 0 aromatic heterocycles. The zero-order valence-corrected chi connectivity index (χ0v) is 11.1. The topological polar surface area (TPSA) is 46.2 Å². The summed E-state index contributed by atoms with van der Waals surface area (Å²) in [5, 5.41) is 10.2. The van der Waals surface area contributed by atoms with Gasteiger partial charge in [-0.1, -0.05) is 36.4 Å². The van der Waals surface area contributed by atoms with E-state index in [2.05, 4.69) is 15.9 Å². The van der Waals surface area contributed by atoms with Crippen molar-refractivity contribution in [1.82, 2.24) is 0 Å². The third kappa shape index (κ3) is 2.77. The summed E-state index contributed by atoms with van der Waals surface area (Å²) < 4.78 is 13.4. The van der Waals surface area contributed by atoms with E-state index in [0.717, 1.165) is 5.56 Å². The van der Waals surface area contributed by atoms with E-state index in [-0.39, 0.29) is 5.82 Å². The van der Waals surface area contributed by atoms with Crippen molar-refractivity contribution in [2.45, 2.75) is 12.1 Å². The van der Waals surface area contributed by atoms with Crippen LogP contribution < -0.4 is 5.73 Å². The number of halogens is 2. The molecule has 0 fully saturated rings. The van der Waals surface area contributed by atoms with Gasteiger partial charge in [0.25, 0.3) is 0 Å². The second kappa shape index (κ2) is 5.61. The van der Waals surface area contributed by atoms with Crippen LogP contribution in [0.3, 0.4) is 0 Å². The lowest BCUT2D eigenvalue weighted by Crippen LogP contribution is -2.19. The Balaban J connectivity index is 2.25. The molecule has 2 unspecified atom stereocenters. The molecule has 0 aliphatic rings. The van der Waals surface area contributed by atoms with Crippen molar-refractivity contribution in [3.05, 3.63) is 69.9 Å². The van der Waals surface area contributed by atoms with Crippen molar-refractivity contribution < 1.29 is 9.50 Å². The van der Waals surface area contributed by atoms with Crippen LogP contribution in [-0.4, -0.2) is 5.11 Å². The molecule has 2 aromatic rings. The molecule has 0 amide bonds. The summed E-state index contributed by atoms with van der Waals surface area (Å²) in [7, 11) is 0. The molecule has 94 valence electrons. The number of rotatable bonds is 3. The highest BCUT2D eigenvalue weighted by Crippen LogP contribution is 2.29. The average molecular weight is 310 g/mol. The van der Waals surface area contributed by atoms with Crippen LogP contribution in [-0.2, 0) is 0 Å². The highest BCUT2D eigenvalue weighted by atomic mass is 79.9. The normalized spacial score (nSPS) is 14.2. The first kappa shape index (κ1) is 13.2. The van der Waals surface area contributed by atoms with E-state index in [1.807, 2.05) is 30.3 Å². The maximum Gasteiger partial charge on any atom is 0.137 e. The Labute approximate surface area is 113 Å². The number of hydrogen-bond acceptors (Lipinski definition) is 2. The summed E-state index contributed by atoms with van der Waals surface area (Å²) in [6.07, 6.45) is -0.871. The largest absolute Gasteiger partial charge is 0.386 e. The van der Waals surface area contributed by atoms with Crippen molar-refractivity contribution in [2.75, 3.05) is 0 Å². The molecule has 2 rings (SSSR count). The van der Waals surface area contributed by atoms with Crippen molar-refractivity contribution in [3.8, 4) is 0 Å². The van der Waals surface area contributed by atoms with Crippen LogP contribution in [0.25, 0.3) is 0 Å². The minimum Gasteiger partial charge on any atom is -0.386 e. The van der Waals surface area contributed by atoms with Crippen LogP contribution in [0, 0.1) is 5.82 Å². The molecule has 2 nitrogen and oxygen atoms in total. The lowest BCUT2D eigenvalue weighted by Gasteiger charge is -2.19. The predicted molar refractivity (Wildman–Crippen MR) is 72.4 cm³/mol. The number of benzene rings is 2. The van der Waals surface area contributed by atoms with E-state index in [9.17, 15) is 9.50 Å². The van der Waals surface area contributed by atoms with E-state index in [1.54, 1.807) is 6.07 Å². The van der Waals surface area contributed by atoms with Gasteiger partial charge in [-0.25, -0.2) is 4.39 Å². The molecule has 2 aromatic carbocycles. The second-order valence-corrected chi connectivity index (χ2v) is 4.91. The minimum absolute atomic E-state index is 0.319.